The molecule has 0 saturated carbocycles. The van der Waals surface area contributed by atoms with Gasteiger partial charge in [-0.2, -0.15) is 0 Å². The summed E-state index contributed by atoms with van der Waals surface area (Å²) in [6.45, 7) is 2.65. The smallest absolute Gasteiger partial charge is 0.181 e. The van der Waals surface area contributed by atoms with E-state index in [2.05, 4.69) is 10.3 Å². The van der Waals surface area contributed by atoms with E-state index in [0.29, 0.717) is 6.54 Å². The molecule has 0 unspecified atom stereocenters. The summed E-state index contributed by atoms with van der Waals surface area (Å²) >= 11 is 6.08. The van der Waals surface area contributed by atoms with Gasteiger partial charge in [-0.25, -0.2) is 4.98 Å². The molecule has 84 valence electrons. The van der Waals surface area contributed by atoms with Crippen LogP contribution in [-0.4, -0.2) is 12.0 Å². The first-order chi connectivity index (χ1) is 7.74. The summed E-state index contributed by atoms with van der Waals surface area (Å²) in [7, 11) is 1.88. The van der Waals surface area contributed by atoms with Crippen LogP contribution in [0.3, 0.4) is 0 Å². The molecule has 1 aromatic heterocycles. The van der Waals surface area contributed by atoms with Crippen molar-refractivity contribution in [1.82, 2.24) is 10.3 Å². The summed E-state index contributed by atoms with van der Waals surface area (Å²) in [5.74, 6) is 0.786. The van der Waals surface area contributed by atoms with Crippen LogP contribution in [0.5, 0.6) is 0 Å². The molecular formula is C12H13ClN2O. The van der Waals surface area contributed by atoms with Crippen molar-refractivity contribution in [3.05, 3.63) is 40.9 Å². The van der Waals surface area contributed by atoms with Crippen LogP contribution in [0.2, 0.25) is 5.02 Å². The van der Waals surface area contributed by atoms with Gasteiger partial charge in [0.25, 0.3) is 0 Å². The molecule has 1 heterocycles. The largest absolute Gasteiger partial charge is 0.443 e. The molecule has 3 nitrogen and oxygen atoms in total. The first-order valence-corrected chi connectivity index (χ1v) is 5.44. The van der Waals surface area contributed by atoms with Gasteiger partial charge in [0.05, 0.1) is 0 Å². The first-order valence-electron chi connectivity index (χ1n) is 5.06. The predicted octanol–water partition coefficient (Wildman–Crippen LogP) is 3.02. The van der Waals surface area contributed by atoms with Gasteiger partial charge in [-0.3, -0.25) is 0 Å². The zero-order valence-corrected chi connectivity index (χ0v) is 10.0. The molecule has 4 heteroatoms. The van der Waals surface area contributed by atoms with Gasteiger partial charge in [-0.05, 0) is 25.6 Å². The standard InChI is InChI=1S/C12H13ClN2O/c1-8-9(4-3-5-10(8)13)12-11(6-14-2)15-7-16-12/h3-5,7,14H,6H2,1-2H3. The third-order valence-electron chi connectivity index (χ3n) is 2.50. The lowest BCUT2D eigenvalue weighted by Crippen LogP contribution is -2.06. The van der Waals surface area contributed by atoms with Gasteiger partial charge in [-0.15, -0.1) is 0 Å². The molecule has 1 aromatic carbocycles. The van der Waals surface area contributed by atoms with Crippen molar-refractivity contribution < 1.29 is 4.42 Å². The molecule has 0 atom stereocenters. The van der Waals surface area contributed by atoms with Crippen LogP contribution in [0.1, 0.15) is 11.3 Å². The molecule has 0 amide bonds. The quantitative estimate of drug-likeness (QED) is 0.890. The Kier molecular flexibility index (Phi) is 3.27. The number of hydrogen-bond donors (Lipinski definition) is 1. The second-order valence-electron chi connectivity index (χ2n) is 3.57. The summed E-state index contributed by atoms with van der Waals surface area (Å²) in [6, 6.07) is 5.77. The Labute approximate surface area is 99.5 Å². The number of hydrogen-bond acceptors (Lipinski definition) is 3. The van der Waals surface area contributed by atoms with E-state index in [-0.39, 0.29) is 0 Å². The highest BCUT2D eigenvalue weighted by molar-refractivity contribution is 6.31. The van der Waals surface area contributed by atoms with E-state index in [9.17, 15) is 0 Å². The Morgan fingerprint density at radius 1 is 1.44 bits per heavy atom. The molecule has 0 bridgehead atoms. The fraction of sp³-hybridized carbons (Fsp3) is 0.250. The second kappa shape index (κ2) is 4.68. The molecule has 0 aliphatic heterocycles. The molecule has 0 aliphatic carbocycles. The monoisotopic (exact) mass is 236 g/mol. The summed E-state index contributed by atoms with van der Waals surface area (Å²) in [5.41, 5.74) is 2.90. The molecular weight excluding hydrogens is 224 g/mol. The fourth-order valence-corrected chi connectivity index (χ4v) is 1.81. The Morgan fingerprint density at radius 2 is 2.25 bits per heavy atom. The highest BCUT2D eigenvalue weighted by Gasteiger charge is 2.13. The van der Waals surface area contributed by atoms with Crippen molar-refractivity contribution in [1.29, 1.82) is 0 Å². The van der Waals surface area contributed by atoms with Crippen LogP contribution in [0, 0.1) is 6.92 Å². The van der Waals surface area contributed by atoms with Gasteiger partial charge in [0.2, 0.25) is 0 Å². The third kappa shape index (κ3) is 1.96. The summed E-state index contributed by atoms with van der Waals surface area (Å²) in [6.07, 6.45) is 1.46. The third-order valence-corrected chi connectivity index (χ3v) is 2.91. The highest BCUT2D eigenvalue weighted by Crippen LogP contribution is 2.30. The average molecular weight is 237 g/mol. The lowest BCUT2D eigenvalue weighted by atomic mass is 10.1. The van der Waals surface area contributed by atoms with Crippen LogP contribution in [0.4, 0.5) is 0 Å². The van der Waals surface area contributed by atoms with Crippen molar-refractivity contribution in [3.63, 3.8) is 0 Å². The number of nitrogens with zero attached hydrogens (tertiary/aromatic N) is 1. The van der Waals surface area contributed by atoms with E-state index >= 15 is 0 Å². The average Bonchev–Trinajstić information content (AvgIpc) is 2.71. The second-order valence-corrected chi connectivity index (χ2v) is 3.98. The number of rotatable bonds is 3. The van der Waals surface area contributed by atoms with E-state index in [0.717, 1.165) is 27.6 Å². The van der Waals surface area contributed by atoms with Crippen LogP contribution in [-0.2, 0) is 6.54 Å². The minimum Gasteiger partial charge on any atom is -0.443 e. The van der Waals surface area contributed by atoms with Crippen molar-refractivity contribution in [2.75, 3.05) is 7.05 Å². The Hall–Kier alpha value is -1.32. The molecule has 0 spiro atoms. The molecule has 0 radical (unpaired) electrons. The van der Waals surface area contributed by atoms with Gasteiger partial charge < -0.3 is 9.73 Å². The minimum atomic E-state index is 0.678. The molecule has 2 rings (SSSR count). The van der Waals surface area contributed by atoms with E-state index in [1.54, 1.807) is 0 Å². The Balaban J connectivity index is 2.50. The minimum absolute atomic E-state index is 0.678. The molecule has 0 saturated heterocycles. The van der Waals surface area contributed by atoms with E-state index in [1.807, 2.05) is 32.2 Å². The SMILES string of the molecule is CNCc1ncoc1-c1cccc(Cl)c1C. The van der Waals surface area contributed by atoms with E-state index < -0.39 is 0 Å². The topological polar surface area (TPSA) is 38.1 Å². The normalized spacial score (nSPS) is 10.7. The summed E-state index contributed by atoms with van der Waals surface area (Å²) in [4.78, 5) is 4.18. The molecule has 0 fully saturated rings. The van der Waals surface area contributed by atoms with Crippen molar-refractivity contribution >= 4 is 11.6 Å². The Morgan fingerprint density at radius 3 is 3.00 bits per heavy atom. The molecule has 16 heavy (non-hydrogen) atoms. The maximum Gasteiger partial charge on any atom is 0.181 e. The number of nitrogens with one attached hydrogen (secondary N) is 1. The highest BCUT2D eigenvalue weighted by atomic mass is 35.5. The molecule has 1 N–H and O–H groups in total. The van der Waals surface area contributed by atoms with Crippen LogP contribution in [0.15, 0.2) is 29.0 Å². The van der Waals surface area contributed by atoms with Gasteiger partial charge in [0, 0.05) is 17.1 Å². The zero-order chi connectivity index (χ0) is 11.5. The van der Waals surface area contributed by atoms with Crippen LogP contribution < -0.4 is 5.32 Å². The van der Waals surface area contributed by atoms with Gasteiger partial charge in [0.1, 0.15) is 5.69 Å². The summed E-state index contributed by atoms with van der Waals surface area (Å²) in [5, 5.41) is 3.80. The van der Waals surface area contributed by atoms with Crippen LogP contribution in [0.25, 0.3) is 11.3 Å². The number of benzene rings is 1. The molecule has 2 aromatic rings. The van der Waals surface area contributed by atoms with Gasteiger partial charge in [-0.1, -0.05) is 23.7 Å². The van der Waals surface area contributed by atoms with Gasteiger partial charge >= 0.3 is 0 Å². The zero-order valence-electron chi connectivity index (χ0n) is 9.25. The lowest BCUT2D eigenvalue weighted by molar-refractivity contribution is 0.570. The van der Waals surface area contributed by atoms with Crippen molar-refractivity contribution in [2.24, 2.45) is 0 Å². The number of aromatic nitrogens is 1. The lowest BCUT2D eigenvalue weighted by Gasteiger charge is -2.06. The van der Waals surface area contributed by atoms with Gasteiger partial charge in [0.15, 0.2) is 12.2 Å². The van der Waals surface area contributed by atoms with E-state index in [1.165, 1.54) is 6.39 Å². The maximum absolute atomic E-state index is 6.08. The number of oxazole rings is 1. The molecule has 0 aliphatic rings. The number of halogens is 1. The first kappa shape index (κ1) is 11.2. The van der Waals surface area contributed by atoms with Crippen LogP contribution >= 0.6 is 11.6 Å². The fourth-order valence-electron chi connectivity index (χ4n) is 1.64. The van der Waals surface area contributed by atoms with E-state index in [4.69, 9.17) is 16.0 Å². The maximum atomic E-state index is 6.08. The van der Waals surface area contributed by atoms with Crippen molar-refractivity contribution in [3.8, 4) is 11.3 Å². The predicted molar refractivity (Wildman–Crippen MR) is 64.4 cm³/mol. The van der Waals surface area contributed by atoms with Crippen molar-refractivity contribution in [2.45, 2.75) is 13.5 Å². The summed E-state index contributed by atoms with van der Waals surface area (Å²) < 4.78 is 5.43. The Bertz CT molecular complexity index is 494.